The van der Waals surface area contributed by atoms with Crippen molar-refractivity contribution in [2.75, 3.05) is 21.3 Å². The van der Waals surface area contributed by atoms with Gasteiger partial charge in [-0.15, -0.1) is 0 Å². The van der Waals surface area contributed by atoms with Crippen molar-refractivity contribution in [3.63, 3.8) is 0 Å². The Balaban J connectivity index is 2.09. The number of hydrogen-bond donors (Lipinski definition) is 1. The Morgan fingerprint density at radius 1 is 0.966 bits per heavy atom. The molecule has 6 heteroatoms. The van der Waals surface area contributed by atoms with E-state index < -0.39 is 0 Å². The summed E-state index contributed by atoms with van der Waals surface area (Å²) in [5.74, 6) is 1.33. The molecule has 29 heavy (non-hydrogen) atoms. The van der Waals surface area contributed by atoms with E-state index in [1.807, 2.05) is 22.9 Å². The fourth-order valence-corrected chi connectivity index (χ4v) is 3.33. The summed E-state index contributed by atoms with van der Waals surface area (Å²) in [5.41, 5.74) is 2.71. The smallest absolute Gasteiger partial charge is 0.209 e. The summed E-state index contributed by atoms with van der Waals surface area (Å²) in [7, 11) is 4.56. The molecule has 1 aromatic heterocycles. The van der Waals surface area contributed by atoms with Gasteiger partial charge in [0.05, 0.1) is 27.0 Å². The molecule has 152 valence electrons. The summed E-state index contributed by atoms with van der Waals surface area (Å²) < 4.78 is 18.0. The molecule has 0 atom stereocenters. The van der Waals surface area contributed by atoms with Crippen molar-refractivity contribution in [3.8, 4) is 34.1 Å². The molecule has 0 fully saturated rings. The molecule has 1 N–H and O–H groups in total. The molecule has 0 aliphatic carbocycles. The number of aromatic hydroxyl groups is 1. The number of ketones is 1. The molecule has 3 rings (SSSR count). The lowest BCUT2D eigenvalue weighted by molar-refractivity contribution is 0.102. The first-order valence-electron chi connectivity index (χ1n) is 9.36. The lowest BCUT2D eigenvalue weighted by Gasteiger charge is -2.14. The lowest BCUT2D eigenvalue weighted by atomic mass is 10.0. The number of methoxy groups -OCH3 is 3. The number of carbonyl (C=O) groups is 1. The molecule has 0 aliphatic heterocycles. The Labute approximate surface area is 170 Å². The van der Waals surface area contributed by atoms with Crippen molar-refractivity contribution in [1.29, 1.82) is 0 Å². The maximum Gasteiger partial charge on any atom is 0.209 e. The van der Waals surface area contributed by atoms with Gasteiger partial charge in [0.15, 0.2) is 11.5 Å². The third-order valence-electron chi connectivity index (χ3n) is 4.70. The third-order valence-corrected chi connectivity index (χ3v) is 4.70. The molecule has 0 radical (unpaired) electrons. The molecule has 6 nitrogen and oxygen atoms in total. The highest BCUT2D eigenvalue weighted by Crippen LogP contribution is 2.39. The molecule has 0 saturated carbocycles. The fourth-order valence-electron chi connectivity index (χ4n) is 3.33. The van der Waals surface area contributed by atoms with Crippen LogP contribution in [0.4, 0.5) is 0 Å². The maximum absolute atomic E-state index is 13.4. The number of aromatic nitrogens is 1. The number of aryl methyl sites for hydroxylation is 1. The third kappa shape index (κ3) is 4.06. The highest BCUT2D eigenvalue weighted by Gasteiger charge is 2.21. The van der Waals surface area contributed by atoms with Crippen LogP contribution in [-0.2, 0) is 6.54 Å². The van der Waals surface area contributed by atoms with E-state index in [0.717, 1.165) is 17.5 Å². The average Bonchev–Trinajstić information content (AvgIpc) is 3.16. The number of carbonyl (C=O) groups excluding carboxylic acids is 1. The highest BCUT2D eigenvalue weighted by atomic mass is 16.5. The number of nitrogens with zero attached hydrogens (tertiary/aromatic N) is 1. The van der Waals surface area contributed by atoms with Crippen LogP contribution in [0.2, 0.25) is 0 Å². The molecule has 0 unspecified atom stereocenters. The summed E-state index contributed by atoms with van der Waals surface area (Å²) >= 11 is 0. The van der Waals surface area contributed by atoms with Gasteiger partial charge < -0.3 is 23.9 Å². The minimum absolute atomic E-state index is 0.149. The molecule has 0 bridgehead atoms. The lowest BCUT2D eigenvalue weighted by Crippen LogP contribution is -2.10. The number of ether oxygens (including phenoxy) is 3. The zero-order valence-electron chi connectivity index (χ0n) is 17.1. The second-order valence-electron chi connectivity index (χ2n) is 6.60. The highest BCUT2D eigenvalue weighted by molar-refractivity contribution is 6.09. The van der Waals surface area contributed by atoms with Gasteiger partial charge in [0.25, 0.3) is 0 Å². The summed E-state index contributed by atoms with van der Waals surface area (Å²) in [6.07, 6.45) is 2.81. The predicted molar refractivity (Wildman–Crippen MR) is 111 cm³/mol. The van der Waals surface area contributed by atoms with Crippen LogP contribution in [0, 0.1) is 0 Å². The van der Waals surface area contributed by atoms with Crippen LogP contribution in [0.5, 0.6) is 23.0 Å². The van der Waals surface area contributed by atoms with Crippen LogP contribution in [-0.4, -0.2) is 36.8 Å². The van der Waals surface area contributed by atoms with Crippen LogP contribution in [0.3, 0.4) is 0 Å². The van der Waals surface area contributed by atoms with Gasteiger partial charge in [-0.3, -0.25) is 4.79 Å². The molecule has 1 heterocycles. The van der Waals surface area contributed by atoms with Crippen molar-refractivity contribution < 1.29 is 24.1 Å². The van der Waals surface area contributed by atoms with E-state index in [9.17, 15) is 9.90 Å². The van der Waals surface area contributed by atoms with Gasteiger partial charge in [0.1, 0.15) is 5.75 Å². The summed E-state index contributed by atoms with van der Waals surface area (Å²) in [4.78, 5) is 13.4. The van der Waals surface area contributed by atoms with Gasteiger partial charge in [0.2, 0.25) is 11.5 Å². The van der Waals surface area contributed by atoms with E-state index in [2.05, 4.69) is 6.92 Å². The quantitative estimate of drug-likeness (QED) is 0.568. The van der Waals surface area contributed by atoms with E-state index >= 15 is 0 Å². The van der Waals surface area contributed by atoms with E-state index in [1.54, 1.807) is 30.3 Å². The monoisotopic (exact) mass is 395 g/mol. The van der Waals surface area contributed by atoms with Crippen molar-refractivity contribution >= 4 is 5.78 Å². The van der Waals surface area contributed by atoms with Crippen molar-refractivity contribution in [1.82, 2.24) is 4.57 Å². The topological polar surface area (TPSA) is 69.9 Å². The standard InChI is InChI=1S/C23H25NO5/c1-5-9-24-14-17(15-7-6-8-18(25)10-15)11-19(24)22(26)16-12-20(27-2)23(29-4)21(13-16)28-3/h6-8,10-14,25H,5,9H2,1-4H3. The van der Waals surface area contributed by atoms with E-state index in [-0.39, 0.29) is 11.5 Å². The van der Waals surface area contributed by atoms with Gasteiger partial charge in [0, 0.05) is 23.9 Å². The Kier molecular flexibility index (Phi) is 6.12. The number of phenols is 1. The molecule has 2 aromatic carbocycles. The van der Waals surface area contributed by atoms with Crippen LogP contribution in [0.1, 0.15) is 29.4 Å². The van der Waals surface area contributed by atoms with Gasteiger partial charge in [-0.2, -0.15) is 0 Å². The van der Waals surface area contributed by atoms with E-state index in [0.29, 0.717) is 35.1 Å². The maximum atomic E-state index is 13.4. The molecular formula is C23H25NO5. The predicted octanol–water partition coefficient (Wildman–Crippen LogP) is 4.53. The minimum Gasteiger partial charge on any atom is -0.508 e. The van der Waals surface area contributed by atoms with Gasteiger partial charge in [-0.05, 0) is 42.3 Å². The summed E-state index contributed by atoms with van der Waals surface area (Å²) in [5, 5.41) is 9.79. The largest absolute Gasteiger partial charge is 0.508 e. The number of rotatable bonds is 8. The van der Waals surface area contributed by atoms with Crippen LogP contribution < -0.4 is 14.2 Å². The second kappa shape index (κ2) is 8.73. The molecule has 3 aromatic rings. The van der Waals surface area contributed by atoms with Crippen LogP contribution in [0.15, 0.2) is 48.7 Å². The molecule has 0 aliphatic rings. The van der Waals surface area contributed by atoms with Gasteiger partial charge in [-0.1, -0.05) is 19.1 Å². The van der Waals surface area contributed by atoms with Crippen molar-refractivity contribution in [3.05, 3.63) is 59.9 Å². The number of benzene rings is 2. The second-order valence-corrected chi connectivity index (χ2v) is 6.60. The van der Waals surface area contributed by atoms with Gasteiger partial charge in [-0.25, -0.2) is 0 Å². The Morgan fingerprint density at radius 3 is 2.21 bits per heavy atom. The Morgan fingerprint density at radius 2 is 1.66 bits per heavy atom. The summed E-state index contributed by atoms with van der Waals surface area (Å²) in [6, 6.07) is 12.1. The first kappa shape index (κ1) is 20.3. The molecule has 0 saturated heterocycles. The number of phenolic OH excluding ortho intramolecular Hbond substituents is 1. The Hall–Kier alpha value is -3.41. The van der Waals surface area contributed by atoms with Crippen LogP contribution >= 0.6 is 0 Å². The van der Waals surface area contributed by atoms with E-state index in [4.69, 9.17) is 14.2 Å². The van der Waals surface area contributed by atoms with Crippen molar-refractivity contribution in [2.45, 2.75) is 19.9 Å². The Bertz CT molecular complexity index is 997. The summed E-state index contributed by atoms with van der Waals surface area (Å²) in [6.45, 7) is 2.76. The first-order valence-corrected chi connectivity index (χ1v) is 9.36. The zero-order chi connectivity index (χ0) is 21.0. The zero-order valence-corrected chi connectivity index (χ0v) is 17.1. The SMILES string of the molecule is CCCn1cc(-c2cccc(O)c2)cc1C(=O)c1cc(OC)c(OC)c(OC)c1. The van der Waals surface area contributed by atoms with Crippen LogP contribution in [0.25, 0.3) is 11.1 Å². The number of hydrogen-bond acceptors (Lipinski definition) is 5. The minimum atomic E-state index is -0.149. The normalized spacial score (nSPS) is 10.6. The molecular weight excluding hydrogens is 370 g/mol. The van der Waals surface area contributed by atoms with Gasteiger partial charge >= 0.3 is 0 Å². The average molecular weight is 395 g/mol. The van der Waals surface area contributed by atoms with E-state index in [1.165, 1.54) is 21.3 Å². The molecule has 0 spiro atoms. The molecule has 0 amide bonds. The first-order chi connectivity index (χ1) is 14.0. The van der Waals surface area contributed by atoms with Crippen molar-refractivity contribution in [2.24, 2.45) is 0 Å². The fraction of sp³-hybridized carbons (Fsp3) is 0.261.